The van der Waals surface area contributed by atoms with Gasteiger partial charge in [0.1, 0.15) is 11.8 Å². The molecule has 1 unspecified atom stereocenters. The Morgan fingerprint density at radius 3 is 2.26 bits per heavy atom. The van der Waals surface area contributed by atoms with Gasteiger partial charge in [-0.05, 0) is 66.1 Å². The fourth-order valence-corrected chi connectivity index (χ4v) is 6.38. The molecular weight excluding hydrogens is 500 g/mol. The van der Waals surface area contributed by atoms with E-state index in [1.54, 1.807) is 42.5 Å². The molecule has 0 radical (unpaired) electrons. The number of imide groups is 1. The third-order valence-corrected chi connectivity index (χ3v) is 8.57. The molecule has 38 heavy (non-hydrogen) atoms. The third kappa shape index (κ3) is 5.05. The van der Waals surface area contributed by atoms with E-state index in [-0.39, 0.29) is 17.9 Å². The first-order valence-corrected chi connectivity index (χ1v) is 14.0. The average molecular weight is 529 g/mol. The summed E-state index contributed by atoms with van der Waals surface area (Å²) in [6.45, 7) is 2.41. The Morgan fingerprint density at radius 1 is 0.868 bits per heavy atom. The maximum absolute atomic E-state index is 14.0. The number of fused-ring (bicyclic) bond motifs is 1. The Hall–Kier alpha value is -4.01. The van der Waals surface area contributed by atoms with Crippen molar-refractivity contribution in [1.82, 2.24) is 4.31 Å². The second-order valence-corrected chi connectivity index (χ2v) is 11.0. The molecule has 1 saturated heterocycles. The van der Waals surface area contributed by atoms with Crippen LogP contribution in [0.3, 0.4) is 0 Å². The van der Waals surface area contributed by atoms with Gasteiger partial charge in [-0.1, -0.05) is 60.7 Å². The van der Waals surface area contributed by atoms with Crippen molar-refractivity contribution in [3.63, 3.8) is 0 Å². The topological polar surface area (TPSA) is 84.0 Å². The Labute approximate surface area is 222 Å². The molecule has 1 heterocycles. The van der Waals surface area contributed by atoms with Crippen LogP contribution >= 0.6 is 0 Å². The Balaban J connectivity index is 1.50. The van der Waals surface area contributed by atoms with Gasteiger partial charge in [-0.2, -0.15) is 4.31 Å². The zero-order chi connectivity index (χ0) is 26.7. The number of nitrogens with zero attached hydrogens (tertiary/aromatic N) is 2. The Kier molecular flexibility index (Phi) is 7.26. The molecule has 4 aromatic carbocycles. The standard InChI is InChI=1S/C30H28N2O5S/c1-2-37-26-15-13-25(14-16-26)32-29(33)21-28(30(32)34)31(19-18-22-8-4-3-5-9-22)38(35,36)27-17-12-23-10-6-7-11-24(23)20-27/h3-17,20,28H,2,18-19,21H2,1H3. The van der Waals surface area contributed by atoms with E-state index in [0.717, 1.165) is 21.2 Å². The van der Waals surface area contributed by atoms with Crippen molar-refractivity contribution >= 4 is 38.3 Å². The SMILES string of the molecule is CCOc1ccc(N2C(=O)CC(N(CCc3ccccc3)S(=O)(=O)c3ccc4ccccc4c3)C2=O)cc1. The van der Waals surface area contributed by atoms with Crippen LogP contribution in [0.25, 0.3) is 10.8 Å². The van der Waals surface area contributed by atoms with Gasteiger partial charge in [0.15, 0.2) is 0 Å². The predicted molar refractivity (Wildman–Crippen MR) is 146 cm³/mol. The second-order valence-electron chi connectivity index (χ2n) is 9.07. The Morgan fingerprint density at radius 2 is 1.55 bits per heavy atom. The van der Waals surface area contributed by atoms with Crippen LogP contribution in [0, 0.1) is 0 Å². The van der Waals surface area contributed by atoms with E-state index in [1.807, 2.05) is 61.5 Å². The first kappa shape index (κ1) is 25.6. The molecule has 0 spiro atoms. The number of hydrogen-bond donors (Lipinski definition) is 0. The van der Waals surface area contributed by atoms with Gasteiger partial charge in [0.25, 0.3) is 5.91 Å². The molecule has 1 fully saturated rings. The first-order valence-electron chi connectivity index (χ1n) is 12.5. The number of sulfonamides is 1. The minimum Gasteiger partial charge on any atom is -0.494 e. The van der Waals surface area contributed by atoms with Gasteiger partial charge in [0, 0.05) is 6.54 Å². The van der Waals surface area contributed by atoms with Gasteiger partial charge in [-0.3, -0.25) is 9.59 Å². The normalized spacial score (nSPS) is 15.9. The molecule has 0 bridgehead atoms. The molecule has 0 aromatic heterocycles. The summed E-state index contributed by atoms with van der Waals surface area (Å²) in [6.07, 6.45) is 0.169. The molecule has 1 aliphatic rings. The highest BCUT2D eigenvalue weighted by molar-refractivity contribution is 7.89. The third-order valence-electron chi connectivity index (χ3n) is 6.67. The summed E-state index contributed by atoms with van der Waals surface area (Å²) in [5.74, 6) is -0.380. The van der Waals surface area contributed by atoms with Crippen LogP contribution in [-0.4, -0.2) is 43.7 Å². The maximum atomic E-state index is 14.0. The van der Waals surface area contributed by atoms with E-state index >= 15 is 0 Å². The highest BCUT2D eigenvalue weighted by Gasteiger charge is 2.46. The van der Waals surface area contributed by atoms with Crippen LogP contribution in [0.15, 0.2) is 102 Å². The quantitative estimate of drug-likeness (QED) is 0.291. The van der Waals surface area contributed by atoms with E-state index in [0.29, 0.717) is 24.5 Å². The number of amides is 2. The summed E-state index contributed by atoms with van der Waals surface area (Å²) in [7, 11) is -4.11. The van der Waals surface area contributed by atoms with Crippen molar-refractivity contribution in [3.05, 3.63) is 103 Å². The lowest BCUT2D eigenvalue weighted by Gasteiger charge is -2.27. The number of hydrogen-bond acceptors (Lipinski definition) is 5. The highest BCUT2D eigenvalue weighted by atomic mass is 32.2. The fourth-order valence-electron chi connectivity index (χ4n) is 4.76. The van der Waals surface area contributed by atoms with Gasteiger partial charge < -0.3 is 4.74 Å². The van der Waals surface area contributed by atoms with E-state index in [4.69, 9.17) is 4.74 Å². The minimum absolute atomic E-state index is 0.0555. The predicted octanol–water partition coefficient (Wildman–Crippen LogP) is 4.80. The van der Waals surface area contributed by atoms with Crippen molar-refractivity contribution in [2.75, 3.05) is 18.1 Å². The van der Waals surface area contributed by atoms with Crippen LogP contribution in [0.5, 0.6) is 5.75 Å². The zero-order valence-electron chi connectivity index (χ0n) is 21.0. The number of rotatable bonds is 9. The first-order chi connectivity index (χ1) is 18.4. The van der Waals surface area contributed by atoms with Crippen LogP contribution < -0.4 is 9.64 Å². The largest absolute Gasteiger partial charge is 0.494 e. The summed E-state index contributed by atoms with van der Waals surface area (Å²) in [5.41, 5.74) is 1.32. The smallest absolute Gasteiger partial charge is 0.252 e. The summed E-state index contributed by atoms with van der Waals surface area (Å²) < 4.78 is 34.7. The Bertz CT molecular complexity index is 1570. The average Bonchev–Trinajstić information content (AvgIpc) is 3.22. The molecule has 8 heteroatoms. The van der Waals surface area contributed by atoms with E-state index < -0.39 is 27.9 Å². The number of benzene rings is 4. The molecule has 194 valence electrons. The maximum Gasteiger partial charge on any atom is 0.252 e. The van der Waals surface area contributed by atoms with Gasteiger partial charge in [-0.15, -0.1) is 0 Å². The van der Waals surface area contributed by atoms with Crippen molar-refractivity contribution in [2.24, 2.45) is 0 Å². The lowest BCUT2D eigenvalue weighted by Crippen LogP contribution is -2.46. The molecule has 4 aromatic rings. The molecule has 1 atom stereocenters. The van der Waals surface area contributed by atoms with Gasteiger partial charge >= 0.3 is 0 Å². The van der Waals surface area contributed by atoms with Gasteiger partial charge in [-0.25, -0.2) is 13.3 Å². The van der Waals surface area contributed by atoms with E-state index in [9.17, 15) is 18.0 Å². The summed E-state index contributed by atoms with van der Waals surface area (Å²) in [6, 6.07) is 27.4. The number of ether oxygens (including phenoxy) is 1. The van der Waals surface area contributed by atoms with Crippen LogP contribution in [0.1, 0.15) is 18.9 Å². The molecule has 5 rings (SSSR count). The summed E-state index contributed by atoms with van der Waals surface area (Å²) >= 11 is 0. The molecule has 1 aliphatic heterocycles. The summed E-state index contributed by atoms with van der Waals surface area (Å²) in [4.78, 5) is 27.9. The minimum atomic E-state index is -4.11. The van der Waals surface area contributed by atoms with E-state index in [1.165, 1.54) is 4.31 Å². The fraction of sp³-hybridized carbons (Fsp3) is 0.200. The molecule has 0 aliphatic carbocycles. The molecule has 0 N–H and O–H groups in total. The highest BCUT2D eigenvalue weighted by Crippen LogP contribution is 2.31. The van der Waals surface area contributed by atoms with Crippen LogP contribution in [0.2, 0.25) is 0 Å². The number of anilines is 1. The van der Waals surface area contributed by atoms with E-state index in [2.05, 4.69) is 0 Å². The van der Waals surface area contributed by atoms with Gasteiger partial charge in [0.05, 0.1) is 23.6 Å². The van der Waals surface area contributed by atoms with Gasteiger partial charge in [0.2, 0.25) is 15.9 Å². The molecule has 7 nitrogen and oxygen atoms in total. The summed E-state index contributed by atoms with van der Waals surface area (Å²) in [5, 5.41) is 1.69. The van der Waals surface area contributed by atoms with Crippen molar-refractivity contribution in [1.29, 1.82) is 0 Å². The van der Waals surface area contributed by atoms with Crippen LogP contribution in [-0.2, 0) is 26.0 Å². The molecule has 2 amide bonds. The van der Waals surface area contributed by atoms with Crippen molar-refractivity contribution in [3.8, 4) is 5.75 Å². The van der Waals surface area contributed by atoms with Crippen molar-refractivity contribution < 1.29 is 22.7 Å². The number of carbonyl (C=O) groups excluding carboxylic acids is 2. The second kappa shape index (κ2) is 10.8. The lowest BCUT2D eigenvalue weighted by molar-refractivity contribution is -0.122. The number of carbonyl (C=O) groups is 2. The van der Waals surface area contributed by atoms with Crippen molar-refractivity contribution in [2.45, 2.75) is 30.7 Å². The molecule has 0 saturated carbocycles. The zero-order valence-corrected chi connectivity index (χ0v) is 21.8. The van der Waals surface area contributed by atoms with Crippen LogP contribution in [0.4, 0.5) is 5.69 Å². The molecular formula is C30H28N2O5S. The lowest BCUT2D eigenvalue weighted by atomic mass is 10.1. The monoisotopic (exact) mass is 528 g/mol.